The summed E-state index contributed by atoms with van der Waals surface area (Å²) in [6, 6.07) is 5.81. The maximum Gasteiger partial charge on any atom is 0.390 e. The predicted molar refractivity (Wildman–Crippen MR) is 56.0 cm³/mol. The third-order valence-electron chi connectivity index (χ3n) is 1.96. The molecule has 15 heavy (non-hydrogen) atoms. The van der Waals surface area contributed by atoms with Crippen LogP contribution in [0.3, 0.4) is 0 Å². The Labute approximate surface area is 92.9 Å². The van der Waals surface area contributed by atoms with Gasteiger partial charge in [-0.1, -0.05) is 29.8 Å². The zero-order valence-electron chi connectivity index (χ0n) is 8.21. The summed E-state index contributed by atoms with van der Waals surface area (Å²) in [5, 5.41) is 0. The van der Waals surface area contributed by atoms with Gasteiger partial charge in [0.1, 0.15) is 0 Å². The number of hydrogen-bond donors (Lipinski definition) is 1. The minimum Gasteiger partial charge on any atom is -0.324 e. The fourth-order valence-corrected chi connectivity index (χ4v) is 1.18. The van der Waals surface area contributed by atoms with Crippen LogP contribution in [0.1, 0.15) is 23.6 Å². The van der Waals surface area contributed by atoms with Gasteiger partial charge in [0.15, 0.2) is 0 Å². The number of nitrogens with two attached hydrogens (primary N) is 1. The first-order valence-electron chi connectivity index (χ1n) is 4.27. The number of aryl methyl sites for hydroxylation is 1. The molecule has 0 spiro atoms. The van der Waals surface area contributed by atoms with Crippen LogP contribution >= 0.6 is 12.4 Å². The molecule has 0 bridgehead atoms. The molecule has 0 aliphatic rings. The minimum absolute atomic E-state index is 0. The highest BCUT2D eigenvalue weighted by Crippen LogP contribution is 2.27. The SMILES string of the molecule is Cc1ccc(C(N)CC(F)(F)F)cc1.Cl. The van der Waals surface area contributed by atoms with E-state index in [1.54, 1.807) is 24.3 Å². The molecule has 0 aliphatic carbocycles. The van der Waals surface area contributed by atoms with E-state index in [0.29, 0.717) is 5.56 Å². The van der Waals surface area contributed by atoms with E-state index in [0.717, 1.165) is 5.56 Å². The molecule has 0 amide bonds. The average Bonchev–Trinajstić information content (AvgIpc) is 2.02. The lowest BCUT2D eigenvalue weighted by Crippen LogP contribution is -2.20. The van der Waals surface area contributed by atoms with Crippen molar-refractivity contribution in [1.82, 2.24) is 0 Å². The predicted octanol–water partition coefficient (Wildman–Crippen LogP) is 3.37. The maximum absolute atomic E-state index is 12.0. The molecule has 1 rings (SSSR count). The number of halogens is 4. The quantitative estimate of drug-likeness (QED) is 0.841. The lowest BCUT2D eigenvalue weighted by atomic mass is 10.0. The monoisotopic (exact) mass is 239 g/mol. The first kappa shape index (κ1) is 14.3. The Morgan fingerprint density at radius 1 is 1.20 bits per heavy atom. The molecular weight excluding hydrogens is 227 g/mol. The van der Waals surface area contributed by atoms with E-state index in [1.165, 1.54) is 0 Å². The Morgan fingerprint density at radius 3 is 2.07 bits per heavy atom. The molecule has 0 heterocycles. The van der Waals surface area contributed by atoms with Gasteiger partial charge in [-0.05, 0) is 12.5 Å². The van der Waals surface area contributed by atoms with Crippen molar-refractivity contribution < 1.29 is 13.2 Å². The Bertz CT molecular complexity index is 295. The summed E-state index contributed by atoms with van der Waals surface area (Å²) in [6.45, 7) is 1.87. The summed E-state index contributed by atoms with van der Waals surface area (Å²) in [7, 11) is 0. The zero-order valence-corrected chi connectivity index (χ0v) is 9.03. The summed E-state index contributed by atoms with van der Waals surface area (Å²) < 4.78 is 36.0. The van der Waals surface area contributed by atoms with Gasteiger partial charge in [0.25, 0.3) is 0 Å². The van der Waals surface area contributed by atoms with Gasteiger partial charge in [0.05, 0.1) is 6.42 Å². The van der Waals surface area contributed by atoms with Crippen LogP contribution in [0.25, 0.3) is 0 Å². The van der Waals surface area contributed by atoms with Crippen molar-refractivity contribution in [3.8, 4) is 0 Å². The molecule has 0 saturated heterocycles. The van der Waals surface area contributed by atoms with Crippen molar-refractivity contribution in [3.63, 3.8) is 0 Å². The fourth-order valence-electron chi connectivity index (χ4n) is 1.18. The van der Waals surface area contributed by atoms with Gasteiger partial charge >= 0.3 is 6.18 Å². The molecule has 2 N–H and O–H groups in total. The molecule has 0 aromatic heterocycles. The highest BCUT2D eigenvalue weighted by molar-refractivity contribution is 5.85. The normalized spacial score (nSPS) is 13.1. The number of hydrogen-bond acceptors (Lipinski definition) is 1. The summed E-state index contributed by atoms with van der Waals surface area (Å²) in [4.78, 5) is 0. The van der Waals surface area contributed by atoms with Crippen LogP contribution in [0, 0.1) is 6.92 Å². The molecule has 1 aromatic rings. The first-order chi connectivity index (χ1) is 6.38. The zero-order chi connectivity index (χ0) is 10.8. The van der Waals surface area contributed by atoms with Gasteiger partial charge in [-0.15, -0.1) is 12.4 Å². The highest BCUT2D eigenvalue weighted by Gasteiger charge is 2.30. The van der Waals surface area contributed by atoms with Gasteiger partial charge in [-0.25, -0.2) is 0 Å². The van der Waals surface area contributed by atoms with E-state index < -0.39 is 18.6 Å². The molecule has 0 saturated carbocycles. The Hall–Kier alpha value is -0.740. The number of rotatable bonds is 2. The van der Waals surface area contributed by atoms with Crippen LogP contribution in [0.2, 0.25) is 0 Å². The second kappa shape index (κ2) is 5.37. The Kier molecular flexibility index (Phi) is 5.11. The number of benzene rings is 1. The van der Waals surface area contributed by atoms with Crippen molar-refractivity contribution in [2.75, 3.05) is 0 Å². The summed E-state index contributed by atoms with van der Waals surface area (Å²) >= 11 is 0. The summed E-state index contributed by atoms with van der Waals surface area (Å²) in [5.74, 6) is 0. The third-order valence-corrected chi connectivity index (χ3v) is 1.96. The molecular formula is C10H13ClF3N. The highest BCUT2D eigenvalue weighted by atomic mass is 35.5. The first-order valence-corrected chi connectivity index (χ1v) is 4.27. The van der Waals surface area contributed by atoms with E-state index in [4.69, 9.17) is 5.73 Å². The van der Waals surface area contributed by atoms with Crippen LogP contribution in [0.5, 0.6) is 0 Å². The summed E-state index contributed by atoms with van der Waals surface area (Å²) in [6.07, 6.45) is -5.18. The molecule has 5 heteroatoms. The van der Waals surface area contributed by atoms with Gasteiger partial charge < -0.3 is 5.73 Å². The third kappa shape index (κ3) is 5.04. The molecule has 1 unspecified atom stereocenters. The van der Waals surface area contributed by atoms with Gasteiger partial charge in [0, 0.05) is 6.04 Å². The topological polar surface area (TPSA) is 26.0 Å². The average molecular weight is 240 g/mol. The molecule has 86 valence electrons. The molecule has 1 aromatic carbocycles. The number of alkyl halides is 3. The Morgan fingerprint density at radius 2 is 1.67 bits per heavy atom. The van der Waals surface area contributed by atoms with E-state index >= 15 is 0 Å². The van der Waals surface area contributed by atoms with Crippen LogP contribution in [0.15, 0.2) is 24.3 Å². The van der Waals surface area contributed by atoms with Gasteiger partial charge in [-0.2, -0.15) is 13.2 Å². The standard InChI is InChI=1S/C10H12F3N.ClH/c1-7-2-4-8(5-3-7)9(14)6-10(11,12)13;/h2-5,9H,6,14H2,1H3;1H. The van der Waals surface area contributed by atoms with Crippen molar-refractivity contribution >= 4 is 12.4 Å². The Balaban J connectivity index is 0.00000196. The molecule has 1 atom stereocenters. The van der Waals surface area contributed by atoms with Crippen LogP contribution in [-0.4, -0.2) is 6.18 Å². The van der Waals surface area contributed by atoms with Crippen LogP contribution < -0.4 is 5.73 Å². The van der Waals surface area contributed by atoms with E-state index in [1.807, 2.05) is 6.92 Å². The second-order valence-corrected chi connectivity index (χ2v) is 3.34. The fraction of sp³-hybridized carbons (Fsp3) is 0.400. The maximum atomic E-state index is 12.0. The van der Waals surface area contributed by atoms with E-state index in [-0.39, 0.29) is 12.4 Å². The van der Waals surface area contributed by atoms with Gasteiger partial charge in [0.2, 0.25) is 0 Å². The van der Waals surface area contributed by atoms with Crippen molar-refractivity contribution in [2.24, 2.45) is 5.73 Å². The van der Waals surface area contributed by atoms with Crippen LogP contribution in [0.4, 0.5) is 13.2 Å². The minimum atomic E-state index is -4.20. The molecule has 1 nitrogen and oxygen atoms in total. The second-order valence-electron chi connectivity index (χ2n) is 3.34. The lowest BCUT2D eigenvalue weighted by molar-refractivity contribution is -0.138. The van der Waals surface area contributed by atoms with Crippen LogP contribution in [-0.2, 0) is 0 Å². The van der Waals surface area contributed by atoms with Crippen molar-refractivity contribution in [2.45, 2.75) is 25.6 Å². The van der Waals surface area contributed by atoms with Crippen molar-refractivity contribution in [3.05, 3.63) is 35.4 Å². The molecule has 0 aliphatic heterocycles. The smallest absolute Gasteiger partial charge is 0.324 e. The molecule has 0 fully saturated rings. The van der Waals surface area contributed by atoms with E-state index in [2.05, 4.69) is 0 Å². The lowest BCUT2D eigenvalue weighted by Gasteiger charge is -2.14. The van der Waals surface area contributed by atoms with Crippen molar-refractivity contribution in [1.29, 1.82) is 0 Å². The van der Waals surface area contributed by atoms with E-state index in [9.17, 15) is 13.2 Å². The molecule has 0 radical (unpaired) electrons. The van der Waals surface area contributed by atoms with Gasteiger partial charge in [-0.3, -0.25) is 0 Å². The largest absolute Gasteiger partial charge is 0.390 e. The summed E-state index contributed by atoms with van der Waals surface area (Å²) in [5.41, 5.74) is 6.94.